The van der Waals surface area contributed by atoms with Gasteiger partial charge in [-0.25, -0.2) is 14.6 Å². The van der Waals surface area contributed by atoms with Gasteiger partial charge in [-0.1, -0.05) is 0 Å². The van der Waals surface area contributed by atoms with E-state index in [2.05, 4.69) is 25.4 Å². The van der Waals surface area contributed by atoms with Gasteiger partial charge in [0.15, 0.2) is 5.82 Å². The fourth-order valence-corrected chi connectivity index (χ4v) is 3.08. The first-order valence-corrected chi connectivity index (χ1v) is 7.89. The van der Waals surface area contributed by atoms with Gasteiger partial charge in [0.2, 0.25) is 0 Å². The zero-order valence-electron chi connectivity index (χ0n) is 13.1. The molecule has 7 heteroatoms. The summed E-state index contributed by atoms with van der Waals surface area (Å²) in [5.41, 5.74) is 3.06. The van der Waals surface area contributed by atoms with Crippen molar-refractivity contribution in [2.45, 2.75) is 27.3 Å². The number of rotatable bonds is 4. The zero-order chi connectivity index (χ0) is 15.7. The van der Waals surface area contributed by atoms with Crippen molar-refractivity contribution in [3.8, 4) is 5.82 Å². The van der Waals surface area contributed by atoms with Crippen LogP contribution in [0.5, 0.6) is 0 Å². The summed E-state index contributed by atoms with van der Waals surface area (Å²) in [5.74, 6) is 1.53. The molecule has 0 spiro atoms. The molecule has 0 unspecified atom stereocenters. The first-order valence-electron chi connectivity index (χ1n) is 7.01. The molecule has 3 heterocycles. The van der Waals surface area contributed by atoms with E-state index in [1.807, 2.05) is 43.5 Å². The van der Waals surface area contributed by atoms with Crippen LogP contribution in [0.3, 0.4) is 0 Å². The molecule has 0 radical (unpaired) electrons. The molecule has 0 N–H and O–H groups in total. The highest BCUT2D eigenvalue weighted by Gasteiger charge is 2.10. The van der Waals surface area contributed by atoms with Crippen molar-refractivity contribution in [2.75, 3.05) is 11.9 Å². The molecule has 0 aliphatic rings. The Morgan fingerprint density at radius 2 is 1.95 bits per heavy atom. The molecule has 3 aromatic rings. The number of thiazole rings is 1. The molecule has 3 rings (SSSR count). The first kappa shape index (κ1) is 14.6. The summed E-state index contributed by atoms with van der Waals surface area (Å²) in [6.07, 6.45) is 3.49. The Balaban J connectivity index is 1.85. The van der Waals surface area contributed by atoms with E-state index >= 15 is 0 Å². The van der Waals surface area contributed by atoms with E-state index in [1.165, 1.54) is 0 Å². The lowest BCUT2D eigenvalue weighted by atomic mass is 10.4. The normalized spacial score (nSPS) is 10.9. The zero-order valence-corrected chi connectivity index (χ0v) is 13.9. The Bertz CT molecular complexity index is 791. The Kier molecular flexibility index (Phi) is 3.89. The van der Waals surface area contributed by atoms with Crippen LogP contribution in [0.15, 0.2) is 23.8 Å². The topological polar surface area (TPSA) is 59.7 Å². The third kappa shape index (κ3) is 2.99. The maximum atomic E-state index is 4.66. The van der Waals surface area contributed by atoms with Crippen molar-refractivity contribution >= 4 is 17.2 Å². The molecule has 0 fully saturated rings. The molecule has 0 saturated heterocycles. The van der Waals surface area contributed by atoms with E-state index in [4.69, 9.17) is 0 Å². The lowest BCUT2D eigenvalue weighted by Crippen LogP contribution is -2.19. The fourth-order valence-electron chi connectivity index (χ4n) is 2.25. The summed E-state index contributed by atoms with van der Waals surface area (Å²) in [6.45, 7) is 6.70. The van der Waals surface area contributed by atoms with Crippen LogP contribution in [0, 0.1) is 20.8 Å². The molecule has 0 saturated carbocycles. The summed E-state index contributed by atoms with van der Waals surface area (Å²) in [5, 5.41) is 7.58. The molecular formula is C15H18N6S. The van der Waals surface area contributed by atoms with E-state index < -0.39 is 0 Å². The van der Waals surface area contributed by atoms with Crippen LogP contribution in [0.1, 0.15) is 22.1 Å². The molecule has 0 bridgehead atoms. The molecule has 0 aliphatic heterocycles. The van der Waals surface area contributed by atoms with Gasteiger partial charge in [0.05, 0.1) is 24.6 Å². The van der Waals surface area contributed by atoms with Gasteiger partial charge in [0.25, 0.3) is 0 Å². The van der Waals surface area contributed by atoms with Crippen molar-refractivity contribution in [3.05, 3.63) is 45.9 Å². The van der Waals surface area contributed by atoms with Gasteiger partial charge in [-0.3, -0.25) is 4.98 Å². The number of nitrogens with zero attached hydrogens (tertiary/aromatic N) is 6. The number of anilines is 1. The minimum atomic E-state index is 0.716. The minimum Gasteiger partial charge on any atom is -0.352 e. The maximum absolute atomic E-state index is 4.66. The van der Waals surface area contributed by atoms with E-state index in [0.29, 0.717) is 6.54 Å². The molecule has 0 amide bonds. The summed E-state index contributed by atoms with van der Waals surface area (Å²) in [6, 6.07) is 2.02. The van der Waals surface area contributed by atoms with Gasteiger partial charge in [-0.15, -0.1) is 11.3 Å². The van der Waals surface area contributed by atoms with E-state index in [-0.39, 0.29) is 0 Å². The van der Waals surface area contributed by atoms with Crippen LogP contribution < -0.4 is 4.90 Å². The molecule has 0 aromatic carbocycles. The monoisotopic (exact) mass is 314 g/mol. The molecule has 3 aromatic heterocycles. The van der Waals surface area contributed by atoms with Crippen LogP contribution in [-0.2, 0) is 6.54 Å². The second-order valence-electron chi connectivity index (χ2n) is 5.31. The average Bonchev–Trinajstić information content (AvgIpc) is 3.04. The molecule has 22 heavy (non-hydrogen) atoms. The van der Waals surface area contributed by atoms with Crippen LogP contribution in [0.4, 0.5) is 5.82 Å². The SMILES string of the molecule is Cc1csc(CN(C)c2cncc(-n3nc(C)cc3C)n2)n1. The fraction of sp³-hybridized carbons (Fsp3) is 0.333. The van der Waals surface area contributed by atoms with Gasteiger partial charge >= 0.3 is 0 Å². The largest absolute Gasteiger partial charge is 0.352 e. The minimum absolute atomic E-state index is 0.716. The number of aromatic nitrogens is 5. The highest BCUT2D eigenvalue weighted by Crippen LogP contribution is 2.17. The van der Waals surface area contributed by atoms with Gasteiger partial charge in [-0.2, -0.15) is 5.10 Å². The Labute approximate surface area is 133 Å². The van der Waals surface area contributed by atoms with Crippen LogP contribution in [0.2, 0.25) is 0 Å². The molecular weight excluding hydrogens is 296 g/mol. The standard InChI is InChI=1S/C15H18N6S/c1-10-5-12(3)21(19-10)14-7-16-6-13(18-14)20(4)8-15-17-11(2)9-22-15/h5-7,9H,8H2,1-4H3. The third-order valence-electron chi connectivity index (χ3n) is 3.27. The Morgan fingerprint density at radius 3 is 2.59 bits per heavy atom. The number of hydrogen-bond donors (Lipinski definition) is 0. The molecule has 0 aliphatic carbocycles. The highest BCUT2D eigenvalue weighted by atomic mass is 32.1. The summed E-state index contributed by atoms with van der Waals surface area (Å²) >= 11 is 1.66. The second kappa shape index (κ2) is 5.84. The number of aryl methyl sites for hydroxylation is 3. The summed E-state index contributed by atoms with van der Waals surface area (Å²) < 4.78 is 1.81. The lowest BCUT2D eigenvalue weighted by Gasteiger charge is -2.17. The van der Waals surface area contributed by atoms with Crippen LogP contribution >= 0.6 is 11.3 Å². The van der Waals surface area contributed by atoms with E-state index in [0.717, 1.165) is 33.7 Å². The van der Waals surface area contributed by atoms with Gasteiger partial charge in [0, 0.05) is 23.8 Å². The molecule has 114 valence electrons. The van der Waals surface area contributed by atoms with Gasteiger partial charge < -0.3 is 4.90 Å². The van der Waals surface area contributed by atoms with Crippen molar-refractivity contribution in [1.29, 1.82) is 0 Å². The second-order valence-corrected chi connectivity index (χ2v) is 6.26. The highest BCUT2D eigenvalue weighted by molar-refractivity contribution is 7.09. The first-order chi connectivity index (χ1) is 10.5. The summed E-state index contributed by atoms with van der Waals surface area (Å²) in [7, 11) is 1.99. The van der Waals surface area contributed by atoms with Crippen LogP contribution in [-0.4, -0.2) is 31.8 Å². The molecule has 0 atom stereocenters. The van der Waals surface area contributed by atoms with E-state index in [1.54, 1.807) is 23.7 Å². The van der Waals surface area contributed by atoms with Crippen molar-refractivity contribution < 1.29 is 0 Å². The third-order valence-corrected chi connectivity index (χ3v) is 4.22. The quantitative estimate of drug-likeness (QED) is 0.741. The predicted octanol–water partition coefficient (Wildman–Crippen LogP) is 2.68. The summed E-state index contributed by atoms with van der Waals surface area (Å²) in [4.78, 5) is 15.5. The van der Waals surface area contributed by atoms with Gasteiger partial charge in [0.1, 0.15) is 10.8 Å². The Morgan fingerprint density at radius 1 is 1.14 bits per heavy atom. The van der Waals surface area contributed by atoms with Crippen molar-refractivity contribution in [1.82, 2.24) is 24.7 Å². The van der Waals surface area contributed by atoms with Crippen LogP contribution in [0.25, 0.3) is 5.82 Å². The average molecular weight is 314 g/mol. The van der Waals surface area contributed by atoms with Crippen molar-refractivity contribution in [3.63, 3.8) is 0 Å². The smallest absolute Gasteiger partial charge is 0.174 e. The lowest BCUT2D eigenvalue weighted by molar-refractivity contribution is 0.787. The van der Waals surface area contributed by atoms with Gasteiger partial charge in [-0.05, 0) is 26.8 Å². The van der Waals surface area contributed by atoms with E-state index in [9.17, 15) is 0 Å². The maximum Gasteiger partial charge on any atom is 0.174 e. The number of hydrogen-bond acceptors (Lipinski definition) is 6. The predicted molar refractivity (Wildman–Crippen MR) is 87.6 cm³/mol. The van der Waals surface area contributed by atoms with Crippen molar-refractivity contribution in [2.24, 2.45) is 0 Å². The molecule has 6 nitrogen and oxygen atoms in total. The Hall–Kier alpha value is -2.28.